The molecule has 0 saturated carbocycles. The van der Waals surface area contributed by atoms with Crippen LogP contribution in [0.15, 0.2) is 36.4 Å². The Morgan fingerprint density at radius 3 is 2.90 bits per heavy atom. The van der Waals surface area contributed by atoms with Gasteiger partial charge in [-0.15, -0.1) is 0 Å². The van der Waals surface area contributed by atoms with Gasteiger partial charge in [-0.2, -0.15) is 0 Å². The van der Waals surface area contributed by atoms with E-state index in [1.165, 1.54) is 7.11 Å². The van der Waals surface area contributed by atoms with Gasteiger partial charge in [-0.25, -0.2) is 4.79 Å². The molecule has 1 unspecified atom stereocenters. The SMILES string of the molecule is C=C1Cc2ccccc2C(=O)N2CCCC12C(=O)OC. The third-order valence-corrected chi connectivity index (χ3v) is 4.39. The molecule has 0 spiro atoms. The van der Waals surface area contributed by atoms with E-state index < -0.39 is 5.54 Å². The first-order valence-corrected chi connectivity index (χ1v) is 6.78. The molecule has 1 amide bonds. The number of methoxy groups -OCH3 is 1. The highest BCUT2D eigenvalue weighted by molar-refractivity contribution is 6.02. The summed E-state index contributed by atoms with van der Waals surface area (Å²) in [6.45, 7) is 4.67. The van der Waals surface area contributed by atoms with Crippen molar-refractivity contribution in [1.29, 1.82) is 0 Å². The minimum absolute atomic E-state index is 0.0952. The molecule has 0 N–H and O–H groups in total. The molecule has 2 aliphatic rings. The summed E-state index contributed by atoms with van der Waals surface area (Å²) in [6.07, 6.45) is 1.92. The minimum Gasteiger partial charge on any atom is -0.467 e. The molecule has 1 fully saturated rings. The molecule has 0 radical (unpaired) electrons. The van der Waals surface area contributed by atoms with Crippen LogP contribution in [0.3, 0.4) is 0 Å². The predicted octanol–water partition coefficient (Wildman–Crippen LogP) is 1.95. The van der Waals surface area contributed by atoms with Gasteiger partial charge in [-0.1, -0.05) is 24.8 Å². The van der Waals surface area contributed by atoms with Gasteiger partial charge in [0.05, 0.1) is 7.11 Å². The fraction of sp³-hybridized carbons (Fsp3) is 0.375. The van der Waals surface area contributed by atoms with Crippen LogP contribution in [0.5, 0.6) is 0 Å². The van der Waals surface area contributed by atoms with Crippen LogP contribution < -0.4 is 0 Å². The van der Waals surface area contributed by atoms with Gasteiger partial charge in [0.15, 0.2) is 5.54 Å². The van der Waals surface area contributed by atoms with Crippen molar-refractivity contribution in [1.82, 2.24) is 4.90 Å². The van der Waals surface area contributed by atoms with E-state index in [0.717, 1.165) is 17.6 Å². The Morgan fingerprint density at radius 1 is 1.40 bits per heavy atom. The van der Waals surface area contributed by atoms with E-state index in [2.05, 4.69) is 6.58 Å². The summed E-state index contributed by atoms with van der Waals surface area (Å²) in [5.41, 5.74) is 1.37. The number of carbonyl (C=O) groups is 2. The first-order valence-electron chi connectivity index (χ1n) is 6.78. The van der Waals surface area contributed by atoms with Gasteiger partial charge < -0.3 is 9.64 Å². The Kier molecular flexibility index (Phi) is 2.89. The summed E-state index contributed by atoms with van der Waals surface area (Å²) >= 11 is 0. The van der Waals surface area contributed by atoms with Gasteiger partial charge in [0, 0.05) is 12.1 Å². The van der Waals surface area contributed by atoms with Crippen LogP contribution >= 0.6 is 0 Å². The number of nitrogens with zero attached hydrogens (tertiary/aromatic N) is 1. The van der Waals surface area contributed by atoms with Crippen LogP contribution in [0, 0.1) is 0 Å². The van der Waals surface area contributed by atoms with Crippen molar-refractivity contribution in [2.45, 2.75) is 24.8 Å². The van der Waals surface area contributed by atoms with Crippen molar-refractivity contribution in [2.24, 2.45) is 0 Å². The van der Waals surface area contributed by atoms with Gasteiger partial charge >= 0.3 is 5.97 Å². The van der Waals surface area contributed by atoms with Crippen molar-refractivity contribution < 1.29 is 14.3 Å². The van der Waals surface area contributed by atoms with E-state index in [9.17, 15) is 9.59 Å². The van der Waals surface area contributed by atoms with Gasteiger partial charge in [-0.3, -0.25) is 4.79 Å². The van der Waals surface area contributed by atoms with Gasteiger partial charge in [0.1, 0.15) is 0 Å². The van der Waals surface area contributed by atoms with E-state index in [-0.39, 0.29) is 11.9 Å². The zero-order valence-electron chi connectivity index (χ0n) is 11.5. The molecule has 1 aromatic rings. The molecule has 0 bridgehead atoms. The highest BCUT2D eigenvalue weighted by Crippen LogP contribution is 2.41. The Balaban J connectivity index is 2.17. The standard InChI is InChI=1S/C16H17NO3/c1-11-10-12-6-3-4-7-13(12)14(18)17-9-5-8-16(11,17)15(19)20-2/h3-4,6-7H,1,5,8-10H2,2H3. The lowest BCUT2D eigenvalue weighted by Crippen LogP contribution is -2.54. The van der Waals surface area contributed by atoms with Crippen LogP contribution in [0.1, 0.15) is 28.8 Å². The average Bonchev–Trinajstić information content (AvgIpc) is 2.88. The zero-order valence-corrected chi connectivity index (χ0v) is 11.5. The Labute approximate surface area is 118 Å². The molecule has 104 valence electrons. The van der Waals surface area contributed by atoms with E-state index in [1.54, 1.807) is 4.90 Å². The number of benzene rings is 1. The van der Waals surface area contributed by atoms with Crippen LogP contribution in [-0.4, -0.2) is 36.0 Å². The van der Waals surface area contributed by atoms with E-state index in [0.29, 0.717) is 24.9 Å². The number of amides is 1. The third-order valence-electron chi connectivity index (χ3n) is 4.39. The first-order chi connectivity index (χ1) is 9.61. The van der Waals surface area contributed by atoms with Crippen LogP contribution in [-0.2, 0) is 16.0 Å². The largest absolute Gasteiger partial charge is 0.467 e. The maximum absolute atomic E-state index is 12.8. The Morgan fingerprint density at radius 2 is 2.15 bits per heavy atom. The Hall–Kier alpha value is -2.10. The van der Waals surface area contributed by atoms with E-state index in [1.807, 2.05) is 24.3 Å². The van der Waals surface area contributed by atoms with Crippen LogP contribution in [0.2, 0.25) is 0 Å². The lowest BCUT2D eigenvalue weighted by Gasteiger charge is -2.35. The zero-order chi connectivity index (χ0) is 14.3. The summed E-state index contributed by atoms with van der Waals surface area (Å²) in [5.74, 6) is -0.469. The van der Waals surface area contributed by atoms with Crippen molar-refractivity contribution >= 4 is 11.9 Å². The quantitative estimate of drug-likeness (QED) is 0.579. The number of hydrogen-bond acceptors (Lipinski definition) is 3. The van der Waals surface area contributed by atoms with Gasteiger partial charge in [-0.05, 0) is 36.5 Å². The first kappa shape index (κ1) is 12.9. The molecule has 20 heavy (non-hydrogen) atoms. The van der Waals surface area contributed by atoms with E-state index in [4.69, 9.17) is 4.74 Å². The van der Waals surface area contributed by atoms with Crippen molar-refractivity contribution in [3.05, 3.63) is 47.5 Å². The lowest BCUT2D eigenvalue weighted by molar-refractivity contribution is -0.149. The molecule has 1 aromatic carbocycles. The molecule has 4 heteroatoms. The summed E-state index contributed by atoms with van der Waals surface area (Å²) in [5, 5.41) is 0. The second-order valence-corrected chi connectivity index (χ2v) is 5.35. The molecular weight excluding hydrogens is 254 g/mol. The number of ether oxygens (including phenoxy) is 1. The summed E-state index contributed by atoms with van der Waals surface area (Å²) in [7, 11) is 1.36. The fourth-order valence-corrected chi connectivity index (χ4v) is 3.39. The fourth-order valence-electron chi connectivity index (χ4n) is 3.39. The number of rotatable bonds is 1. The monoisotopic (exact) mass is 271 g/mol. The van der Waals surface area contributed by atoms with Crippen molar-refractivity contribution in [3.8, 4) is 0 Å². The molecule has 4 nitrogen and oxygen atoms in total. The molecular formula is C16H17NO3. The van der Waals surface area contributed by atoms with Crippen molar-refractivity contribution in [3.63, 3.8) is 0 Å². The molecule has 3 rings (SSSR count). The summed E-state index contributed by atoms with van der Waals surface area (Å²) in [4.78, 5) is 26.8. The minimum atomic E-state index is -0.981. The highest BCUT2D eigenvalue weighted by atomic mass is 16.5. The smallest absolute Gasteiger partial charge is 0.336 e. The molecule has 1 saturated heterocycles. The molecule has 0 aromatic heterocycles. The van der Waals surface area contributed by atoms with Crippen LogP contribution in [0.25, 0.3) is 0 Å². The maximum Gasteiger partial charge on any atom is 0.336 e. The maximum atomic E-state index is 12.8. The molecule has 0 aliphatic carbocycles. The van der Waals surface area contributed by atoms with Gasteiger partial charge in [0.2, 0.25) is 0 Å². The summed E-state index contributed by atoms with van der Waals surface area (Å²) in [6, 6.07) is 7.49. The number of fused-ring (bicyclic) bond motifs is 2. The second-order valence-electron chi connectivity index (χ2n) is 5.35. The molecule has 2 heterocycles. The average molecular weight is 271 g/mol. The third kappa shape index (κ3) is 1.54. The predicted molar refractivity (Wildman–Crippen MR) is 74.3 cm³/mol. The van der Waals surface area contributed by atoms with Crippen LogP contribution in [0.4, 0.5) is 0 Å². The Bertz CT molecular complexity index is 607. The molecule has 2 aliphatic heterocycles. The lowest BCUT2D eigenvalue weighted by atomic mass is 9.85. The second kappa shape index (κ2) is 4.47. The number of carbonyl (C=O) groups excluding carboxylic acids is 2. The van der Waals surface area contributed by atoms with Gasteiger partial charge in [0.25, 0.3) is 5.91 Å². The normalized spacial score (nSPS) is 24.9. The topological polar surface area (TPSA) is 46.6 Å². The number of esters is 1. The summed E-state index contributed by atoms with van der Waals surface area (Å²) < 4.78 is 4.97. The molecule has 1 atom stereocenters. The van der Waals surface area contributed by atoms with Crippen molar-refractivity contribution in [2.75, 3.05) is 13.7 Å². The van der Waals surface area contributed by atoms with E-state index >= 15 is 0 Å². The highest BCUT2D eigenvalue weighted by Gasteiger charge is 2.54. The number of hydrogen-bond donors (Lipinski definition) is 0.